The molecule has 284 valence electrons. The van der Waals surface area contributed by atoms with Gasteiger partial charge in [0.05, 0.1) is 27.9 Å². The molecule has 12 nitrogen and oxygen atoms in total. The molecule has 3 heterocycles. The largest absolute Gasteiger partial charge is 0.481 e. The lowest BCUT2D eigenvalue weighted by atomic mass is 9.81. The van der Waals surface area contributed by atoms with Crippen LogP contribution in [-0.2, 0) is 29.6 Å². The van der Waals surface area contributed by atoms with Gasteiger partial charge >= 0.3 is 5.97 Å². The van der Waals surface area contributed by atoms with Gasteiger partial charge in [-0.25, -0.2) is 4.98 Å². The molecule has 2 aliphatic heterocycles. The van der Waals surface area contributed by atoms with E-state index >= 15 is 0 Å². The first-order valence-corrected chi connectivity index (χ1v) is 19.1. The summed E-state index contributed by atoms with van der Waals surface area (Å²) in [5.74, 6) is -0.296. The van der Waals surface area contributed by atoms with Gasteiger partial charge in [0.1, 0.15) is 0 Å². The van der Waals surface area contributed by atoms with E-state index in [0.717, 1.165) is 86.2 Å². The Morgan fingerprint density at radius 1 is 0.925 bits per heavy atom. The number of aromatic nitrogens is 2. The van der Waals surface area contributed by atoms with Gasteiger partial charge in [0.25, 0.3) is 11.8 Å². The molecule has 0 radical (unpaired) electrons. The van der Waals surface area contributed by atoms with Gasteiger partial charge < -0.3 is 35.0 Å². The number of imidazole rings is 1. The second-order valence-corrected chi connectivity index (χ2v) is 16.1. The second kappa shape index (κ2) is 16.0. The Morgan fingerprint density at radius 2 is 1.60 bits per heavy atom. The van der Waals surface area contributed by atoms with Gasteiger partial charge in [-0.3, -0.25) is 19.4 Å². The van der Waals surface area contributed by atoms with Crippen molar-refractivity contribution in [3.8, 4) is 11.1 Å². The second-order valence-electron chi connectivity index (χ2n) is 15.7. The maximum absolute atomic E-state index is 14.0. The van der Waals surface area contributed by atoms with Crippen molar-refractivity contribution in [3.63, 3.8) is 0 Å². The van der Waals surface area contributed by atoms with E-state index in [0.29, 0.717) is 53.6 Å². The Kier molecular flexibility index (Phi) is 11.6. The molecule has 2 aromatic carbocycles. The lowest BCUT2D eigenvalue weighted by molar-refractivity contribution is -0.143. The zero-order chi connectivity index (χ0) is 38.0. The quantitative estimate of drug-likeness (QED) is 0.258. The highest BCUT2D eigenvalue weighted by Gasteiger charge is 2.32. The third-order valence-electron chi connectivity index (χ3n) is 11.0. The minimum absolute atomic E-state index is 0.220. The first-order chi connectivity index (χ1) is 25.2. The molecule has 3 aromatic rings. The van der Waals surface area contributed by atoms with Gasteiger partial charge in [0.2, 0.25) is 0 Å². The van der Waals surface area contributed by atoms with E-state index in [1.54, 1.807) is 6.07 Å². The van der Waals surface area contributed by atoms with Crippen molar-refractivity contribution >= 4 is 46.6 Å². The van der Waals surface area contributed by atoms with Crippen LogP contribution in [0.2, 0.25) is 5.02 Å². The highest BCUT2D eigenvalue weighted by atomic mass is 35.5. The molecule has 0 spiro atoms. The van der Waals surface area contributed by atoms with E-state index in [1.807, 2.05) is 67.9 Å². The number of aliphatic imine (C=N–C) groups is 1. The molecule has 0 bridgehead atoms. The van der Waals surface area contributed by atoms with Crippen LogP contribution in [0.1, 0.15) is 73.5 Å². The van der Waals surface area contributed by atoms with Crippen LogP contribution in [-0.4, -0.2) is 105 Å². The zero-order valence-corrected chi connectivity index (χ0v) is 32.6. The number of carbonyl (C=O) groups excluding carboxylic acids is 2. The van der Waals surface area contributed by atoms with E-state index in [2.05, 4.69) is 39.3 Å². The van der Waals surface area contributed by atoms with Gasteiger partial charge in [-0.15, -0.1) is 0 Å². The van der Waals surface area contributed by atoms with Crippen LogP contribution in [0.5, 0.6) is 0 Å². The topological polar surface area (TPSA) is 135 Å². The van der Waals surface area contributed by atoms with Crippen LogP contribution < -0.4 is 10.6 Å². The highest BCUT2D eigenvalue weighted by molar-refractivity contribution is 6.42. The molecule has 0 saturated heterocycles. The molecule has 3 aliphatic rings. The summed E-state index contributed by atoms with van der Waals surface area (Å²) in [5.41, 5.74) is 5.00. The van der Waals surface area contributed by atoms with Crippen molar-refractivity contribution in [3.05, 3.63) is 64.2 Å². The number of aliphatic carboxylic acids is 1. The number of hydrogen-bond acceptors (Lipinski definition) is 8. The van der Waals surface area contributed by atoms with Gasteiger partial charge in [-0.2, -0.15) is 0 Å². The summed E-state index contributed by atoms with van der Waals surface area (Å²) < 4.78 is 1.87. The predicted molar refractivity (Wildman–Crippen MR) is 210 cm³/mol. The Morgan fingerprint density at radius 3 is 2.32 bits per heavy atom. The first-order valence-electron chi connectivity index (χ1n) is 18.7. The molecule has 53 heavy (non-hydrogen) atoms. The number of amidine groups is 1. The molecule has 3 N–H and O–H groups in total. The van der Waals surface area contributed by atoms with Crippen molar-refractivity contribution in [2.24, 2.45) is 23.9 Å². The molecular formula is C40H53ClN8O4. The number of carbonyl (C=O) groups is 3. The first kappa shape index (κ1) is 38.5. The Labute approximate surface area is 317 Å². The number of carboxylic acids is 1. The number of carboxylic acid groups (broad SMARTS) is 1. The summed E-state index contributed by atoms with van der Waals surface area (Å²) in [6.45, 7) is 10.9. The number of fused-ring (bicyclic) bond motifs is 1. The van der Waals surface area contributed by atoms with Crippen molar-refractivity contribution < 1.29 is 19.5 Å². The van der Waals surface area contributed by atoms with Crippen LogP contribution in [0.3, 0.4) is 0 Å². The van der Waals surface area contributed by atoms with Gasteiger partial charge in [-0.1, -0.05) is 35.9 Å². The molecule has 13 heteroatoms. The van der Waals surface area contributed by atoms with Crippen LogP contribution in [0.15, 0.2) is 41.4 Å². The molecule has 1 aromatic heterocycles. The normalized spacial score (nSPS) is 21.1. The minimum atomic E-state index is -0.677. The number of nitrogens with zero attached hydrogens (tertiary/aromatic N) is 6. The number of likely N-dealkylation sites (N-methyl/N-ethyl adjacent to an activating group) is 2. The van der Waals surface area contributed by atoms with Crippen LogP contribution in [0.4, 0.5) is 11.4 Å². The summed E-state index contributed by atoms with van der Waals surface area (Å²) in [6.07, 6.45) is 5.05. The molecule has 1 aliphatic carbocycles. The van der Waals surface area contributed by atoms with E-state index < -0.39 is 11.5 Å². The summed E-state index contributed by atoms with van der Waals surface area (Å²) in [6, 6.07) is 11.3. The van der Waals surface area contributed by atoms with Crippen LogP contribution in [0.25, 0.3) is 11.1 Å². The molecule has 2 amide bonds. The summed E-state index contributed by atoms with van der Waals surface area (Å²) in [7, 11) is 5.84. The predicted octanol–water partition coefficient (Wildman–Crippen LogP) is 5.93. The van der Waals surface area contributed by atoms with E-state index in [9.17, 15) is 19.5 Å². The number of rotatable bonds is 8. The Balaban J connectivity index is 1.17. The highest BCUT2D eigenvalue weighted by Crippen LogP contribution is 2.38. The van der Waals surface area contributed by atoms with E-state index in [-0.39, 0.29) is 17.7 Å². The van der Waals surface area contributed by atoms with Gasteiger partial charge in [-0.05, 0) is 95.6 Å². The summed E-state index contributed by atoms with van der Waals surface area (Å²) >= 11 is 6.99. The van der Waals surface area contributed by atoms with E-state index in [1.165, 1.54) is 0 Å². The SMILES string of the molecule is Cc1c(NC(=O)C2=NC(C)(C)CN(CC3CCC(C(=O)O)CC3)CCCN2C)cccc1-c1cccc(NC(=O)c2nc3c(n2C)CCN(C)C3)c1Cl. The number of amides is 2. The molecule has 0 unspecified atom stereocenters. The zero-order valence-electron chi connectivity index (χ0n) is 31.8. The fourth-order valence-corrected chi connectivity index (χ4v) is 8.40. The number of benzene rings is 2. The maximum Gasteiger partial charge on any atom is 0.306 e. The molecule has 0 atom stereocenters. The Hall–Kier alpha value is -4.26. The lowest BCUT2D eigenvalue weighted by Gasteiger charge is -2.34. The van der Waals surface area contributed by atoms with E-state index in [4.69, 9.17) is 16.6 Å². The average molecular weight is 745 g/mol. The fraction of sp³-hybridized carbons (Fsp3) is 0.525. The van der Waals surface area contributed by atoms with Gasteiger partial charge in [0, 0.05) is 70.2 Å². The van der Waals surface area contributed by atoms with Crippen molar-refractivity contribution in [2.45, 2.75) is 71.4 Å². The summed E-state index contributed by atoms with van der Waals surface area (Å²) in [5, 5.41) is 15.9. The average Bonchev–Trinajstić information content (AvgIpc) is 3.45. The number of anilines is 2. The fourth-order valence-electron chi connectivity index (χ4n) is 8.13. The number of nitrogens with one attached hydrogen (secondary N) is 2. The number of hydrogen-bond donors (Lipinski definition) is 3. The number of halogens is 1. The maximum atomic E-state index is 14.0. The Bertz CT molecular complexity index is 1900. The smallest absolute Gasteiger partial charge is 0.306 e. The molecule has 1 fully saturated rings. The van der Waals surface area contributed by atoms with Crippen molar-refractivity contribution in [1.82, 2.24) is 24.3 Å². The van der Waals surface area contributed by atoms with Crippen LogP contribution in [0, 0.1) is 18.8 Å². The standard InChI is InChI=1S/C40H53ClN8O4/c1-25-28(29-11-8-13-31(34(29)41)44-37(50)35-42-32-23-46(4)21-18-33(32)48(35)6)10-7-12-30(25)43-38(51)36-45-40(2,3)24-49(20-9-19-47(36)5)22-26-14-16-27(17-15-26)39(52)53/h7-8,10-13,26-27H,9,14-24H2,1-6H3,(H,43,51)(H,44,50)(H,52,53). The monoisotopic (exact) mass is 744 g/mol. The third kappa shape index (κ3) is 8.77. The third-order valence-corrected chi connectivity index (χ3v) is 11.4. The minimum Gasteiger partial charge on any atom is -0.481 e. The molecule has 6 rings (SSSR count). The molecule has 1 saturated carbocycles. The van der Waals surface area contributed by atoms with Gasteiger partial charge in [0.15, 0.2) is 11.7 Å². The summed E-state index contributed by atoms with van der Waals surface area (Å²) in [4.78, 5) is 55.2. The van der Waals surface area contributed by atoms with Crippen LogP contribution >= 0.6 is 11.6 Å². The van der Waals surface area contributed by atoms with Crippen molar-refractivity contribution in [2.75, 3.05) is 57.5 Å². The van der Waals surface area contributed by atoms with Crippen molar-refractivity contribution in [1.29, 1.82) is 0 Å². The lowest BCUT2D eigenvalue weighted by Crippen LogP contribution is -2.43. The molecular weight excluding hydrogens is 692 g/mol.